The number of aryl methyl sites for hydroxylation is 1. The van der Waals surface area contributed by atoms with Crippen LogP contribution in [0, 0.1) is 12.7 Å². The number of ether oxygens (including phenoxy) is 1. The van der Waals surface area contributed by atoms with Crippen LogP contribution >= 0.6 is 0 Å². The summed E-state index contributed by atoms with van der Waals surface area (Å²) < 4.78 is 21.0. The zero-order valence-corrected chi connectivity index (χ0v) is 13.1. The minimum absolute atomic E-state index is 0.251. The molecule has 0 N–H and O–H groups in total. The fraction of sp³-hybridized carbons (Fsp3) is 0.263. The molecule has 1 aromatic heterocycles. The summed E-state index contributed by atoms with van der Waals surface area (Å²) in [6.45, 7) is 6.93. The van der Waals surface area contributed by atoms with Gasteiger partial charge in [0, 0.05) is 28.7 Å². The van der Waals surface area contributed by atoms with Crippen molar-refractivity contribution in [3.05, 3.63) is 65.6 Å². The van der Waals surface area contributed by atoms with Crippen LogP contribution in [-0.2, 0) is 6.61 Å². The van der Waals surface area contributed by atoms with Gasteiger partial charge >= 0.3 is 0 Å². The van der Waals surface area contributed by atoms with Crippen LogP contribution in [0.5, 0.6) is 5.75 Å². The van der Waals surface area contributed by atoms with E-state index in [0.717, 1.165) is 5.56 Å². The van der Waals surface area contributed by atoms with Gasteiger partial charge in [0.15, 0.2) is 0 Å². The molecule has 0 atom stereocenters. The van der Waals surface area contributed by atoms with E-state index in [0.29, 0.717) is 18.4 Å². The summed E-state index contributed by atoms with van der Waals surface area (Å²) in [6, 6.07) is 13.0. The lowest BCUT2D eigenvalue weighted by molar-refractivity contribution is 0.306. The van der Waals surface area contributed by atoms with Crippen molar-refractivity contribution in [1.82, 2.24) is 4.57 Å². The zero-order chi connectivity index (χ0) is 15.7. The van der Waals surface area contributed by atoms with Gasteiger partial charge in [-0.25, -0.2) is 4.39 Å². The Bertz CT molecular complexity index is 787. The maximum atomic E-state index is 12.9. The van der Waals surface area contributed by atoms with E-state index >= 15 is 0 Å². The van der Waals surface area contributed by atoms with Crippen molar-refractivity contribution in [3.8, 4) is 5.75 Å². The molecule has 0 aliphatic heterocycles. The molecule has 2 nitrogen and oxygen atoms in total. The smallest absolute Gasteiger partial charge is 0.123 e. The van der Waals surface area contributed by atoms with Crippen LogP contribution in [0.2, 0.25) is 0 Å². The molecule has 0 fully saturated rings. The Kier molecular flexibility index (Phi) is 3.88. The van der Waals surface area contributed by atoms with Crippen LogP contribution in [0.25, 0.3) is 10.9 Å². The van der Waals surface area contributed by atoms with Crippen molar-refractivity contribution in [2.45, 2.75) is 33.4 Å². The number of nitrogens with zero attached hydrogens (tertiary/aromatic N) is 1. The molecule has 114 valence electrons. The summed E-state index contributed by atoms with van der Waals surface area (Å²) in [5.74, 6) is 0.429. The third-order valence-corrected chi connectivity index (χ3v) is 3.84. The molecule has 0 aliphatic carbocycles. The largest absolute Gasteiger partial charge is 0.489 e. The third-order valence-electron chi connectivity index (χ3n) is 3.84. The summed E-state index contributed by atoms with van der Waals surface area (Å²) in [5.41, 5.74) is 3.62. The molecule has 3 aromatic rings. The molecule has 2 aromatic carbocycles. The van der Waals surface area contributed by atoms with E-state index in [1.165, 1.54) is 28.6 Å². The maximum absolute atomic E-state index is 12.9. The lowest BCUT2D eigenvalue weighted by Gasteiger charge is -2.09. The normalized spacial score (nSPS) is 11.3. The van der Waals surface area contributed by atoms with Crippen molar-refractivity contribution in [1.29, 1.82) is 0 Å². The molecule has 22 heavy (non-hydrogen) atoms. The molecular formula is C19H20FNO. The van der Waals surface area contributed by atoms with Gasteiger partial charge in [-0.15, -0.1) is 0 Å². The summed E-state index contributed by atoms with van der Waals surface area (Å²) in [6.07, 6.45) is 2.15. The number of hydrogen-bond donors (Lipinski definition) is 0. The summed E-state index contributed by atoms with van der Waals surface area (Å²) in [5, 5.41) is 1.21. The summed E-state index contributed by atoms with van der Waals surface area (Å²) in [7, 11) is 0. The average Bonchev–Trinajstić information content (AvgIpc) is 2.85. The molecule has 0 spiro atoms. The molecule has 3 heteroatoms. The Morgan fingerprint density at radius 2 is 1.82 bits per heavy atom. The Morgan fingerprint density at radius 3 is 2.50 bits per heavy atom. The van der Waals surface area contributed by atoms with Crippen molar-refractivity contribution >= 4 is 10.9 Å². The predicted octanol–water partition coefficient (Wildman–Crippen LogP) is 5.25. The van der Waals surface area contributed by atoms with Crippen LogP contribution in [0.4, 0.5) is 4.39 Å². The fourth-order valence-corrected chi connectivity index (χ4v) is 2.67. The van der Waals surface area contributed by atoms with Crippen LogP contribution in [0.3, 0.4) is 0 Å². The first-order chi connectivity index (χ1) is 10.5. The first-order valence-corrected chi connectivity index (χ1v) is 7.53. The van der Waals surface area contributed by atoms with Crippen LogP contribution < -0.4 is 4.74 Å². The van der Waals surface area contributed by atoms with E-state index in [4.69, 9.17) is 4.74 Å². The van der Waals surface area contributed by atoms with E-state index in [1.54, 1.807) is 12.1 Å². The van der Waals surface area contributed by atoms with Gasteiger partial charge in [0.1, 0.15) is 18.2 Å². The van der Waals surface area contributed by atoms with Crippen LogP contribution in [0.15, 0.2) is 48.7 Å². The maximum Gasteiger partial charge on any atom is 0.123 e. The number of rotatable bonds is 4. The van der Waals surface area contributed by atoms with Crippen molar-refractivity contribution in [2.75, 3.05) is 0 Å². The Hall–Kier alpha value is -2.29. The first-order valence-electron chi connectivity index (χ1n) is 7.53. The van der Waals surface area contributed by atoms with E-state index in [9.17, 15) is 4.39 Å². The number of halogens is 1. The molecule has 0 saturated heterocycles. The third kappa shape index (κ3) is 2.84. The standard InChI is InChI=1S/C19H20FNO/c1-13(2)21-11-15(18-9-4-14(3)10-19(18)21)12-22-17-7-5-16(20)6-8-17/h4-11,13H,12H2,1-3H3. The quantitative estimate of drug-likeness (QED) is 0.641. The molecule has 0 amide bonds. The second-order valence-corrected chi connectivity index (χ2v) is 5.92. The van der Waals surface area contributed by atoms with Crippen molar-refractivity contribution in [3.63, 3.8) is 0 Å². The van der Waals surface area contributed by atoms with Crippen LogP contribution in [-0.4, -0.2) is 4.57 Å². The fourth-order valence-electron chi connectivity index (χ4n) is 2.67. The number of fused-ring (bicyclic) bond motifs is 1. The SMILES string of the molecule is Cc1ccc2c(COc3ccc(F)cc3)cn(C(C)C)c2c1. The van der Waals surface area contributed by atoms with Crippen LogP contribution in [0.1, 0.15) is 31.0 Å². The highest BCUT2D eigenvalue weighted by Crippen LogP contribution is 2.27. The summed E-state index contributed by atoms with van der Waals surface area (Å²) in [4.78, 5) is 0. The Morgan fingerprint density at radius 1 is 1.09 bits per heavy atom. The highest BCUT2D eigenvalue weighted by Gasteiger charge is 2.11. The monoisotopic (exact) mass is 297 g/mol. The van der Waals surface area contributed by atoms with Gasteiger partial charge in [-0.2, -0.15) is 0 Å². The second-order valence-electron chi connectivity index (χ2n) is 5.92. The number of hydrogen-bond acceptors (Lipinski definition) is 1. The van der Waals surface area contributed by atoms with E-state index < -0.39 is 0 Å². The van der Waals surface area contributed by atoms with Gasteiger partial charge in [-0.05, 0) is 56.7 Å². The molecule has 0 bridgehead atoms. The van der Waals surface area contributed by atoms with E-state index in [2.05, 4.69) is 49.7 Å². The average molecular weight is 297 g/mol. The van der Waals surface area contributed by atoms with E-state index in [1.807, 2.05) is 0 Å². The van der Waals surface area contributed by atoms with E-state index in [-0.39, 0.29) is 5.82 Å². The molecule has 0 unspecified atom stereocenters. The highest BCUT2D eigenvalue weighted by molar-refractivity contribution is 5.84. The first kappa shape index (κ1) is 14.6. The predicted molar refractivity (Wildman–Crippen MR) is 87.8 cm³/mol. The molecule has 0 radical (unpaired) electrons. The Labute approximate surface area is 130 Å². The van der Waals surface area contributed by atoms with Crippen molar-refractivity contribution in [2.24, 2.45) is 0 Å². The van der Waals surface area contributed by atoms with Gasteiger partial charge in [-0.1, -0.05) is 12.1 Å². The topological polar surface area (TPSA) is 14.2 Å². The van der Waals surface area contributed by atoms with Gasteiger partial charge in [0.2, 0.25) is 0 Å². The van der Waals surface area contributed by atoms with Gasteiger partial charge in [-0.3, -0.25) is 0 Å². The van der Waals surface area contributed by atoms with Gasteiger partial charge < -0.3 is 9.30 Å². The molecule has 3 rings (SSSR count). The highest BCUT2D eigenvalue weighted by atomic mass is 19.1. The lowest BCUT2D eigenvalue weighted by Crippen LogP contribution is -1.98. The van der Waals surface area contributed by atoms with Gasteiger partial charge in [0.05, 0.1) is 0 Å². The van der Waals surface area contributed by atoms with Gasteiger partial charge in [0.25, 0.3) is 0 Å². The molecule has 0 saturated carbocycles. The second kappa shape index (κ2) is 5.84. The lowest BCUT2D eigenvalue weighted by atomic mass is 10.1. The summed E-state index contributed by atoms with van der Waals surface area (Å²) >= 11 is 0. The van der Waals surface area contributed by atoms with Crippen molar-refractivity contribution < 1.29 is 9.13 Å². The number of aromatic nitrogens is 1. The zero-order valence-electron chi connectivity index (χ0n) is 13.1. The number of benzene rings is 2. The minimum Gasteiger partial charge on any atom is -0.489 e. The molecule has 1 heterocycles. The molecule has 0 aliphatic rings. The minimum atomic E-state index is -0.251. The molecular weight excluding hydrogens is 277 g/mol. The Balaban J connectivity index is 1.91.